The maximum absolute atomic E-state index is 13.1. The van der Waals surface area contributed by atoms with Crippen LogP contribution in [0.5, 0.6) is 5.75 Å². The van der Waals surface area contributed by atoms with Gasteiger partial charge in [-0.15, -0.1) is 5.10 Å². The van der Waals surface area contributed by atoms with Gasteiger partial charge in [0.2, 0.25) is 5.82 Å². The zero-order valence-electron chi connectivity index (χ0n) is 18.7. The fourth-order valence-corrected chi connectivity index (χ4v) is 5.63. The monoisotopic (exact) mass is 468 g/mol. The van der Waals surface area contributed by atoms with Crippen LogP contribution in [0.4, 0.5) is 4.79 Å². The number of fused-ring (bicyclic) bond motifs is 1. The van der Waals surface area contributed by atoms with Crippen LogP contribution in [0.2, 0.25) is 5.02 Å². The molecule has 2 unspecified atom stereocenters. The Bertz CT molecular complexity index is 1180. The van der Waals surface area contributed by atoms with E-state index < -0.39 is 11.7 Å². The average Bonchev–Trinajstić information content (AvgIpc) is 3.41. The number of tetrazole rings is 1. The van der Waals surface area contributed by atoms with Gasteiger partial charge in [-0.25, -0.2) is 9.16 Å². The summed E-state index contributed by atoms with van der Waals surface area (Å²) < 4.78 is 7.82. The number of rotatable bonds is 4. The van der Waals surface area contributed by atoms with Crippen molar-refractivity contribution in [1.29, 1.82) is 0 Å². The number of carboxylic acid groups (broad SMARTS) is 1. The summed E-state index contributed by atoms with van der Waals surface area (Å²) in [5.74, 6) is 1.36. The molecule has 9 heteroatoms. The molecule has 2 aliphatic rings. The molecule has 0 radical (unpaired) electrons. The number of hydrogen-bond donors (Lipinski definition) is 1. The highest BCUT2D eigenvalue weighted by Gasteiger charge is 2.59. The van der Waals surface area contributed by atoms with Crippen molar-refractivity contribution < 1.29 is 19.1 Å². The molecule has 0 aliphatic carbocycles. The normalized spacial score (nSPS) is 25.9. The van der Waals surface area contributed by atoms with Crippen LogP contribution in [0.25, 0.3) is 0 Å². The van der Waals surface area contributed by atoms with Crippen LogP contribution in [0.3, 0.4) is 0 Å². The number of nitrogens with zero attached hydrogens (tertiary/aromatic N) is 5. The molecule has 3 atom stereocenters. The Labute approximate surface area is 197 Å². The van der Waals surface area contributed by atoms with Crippen LogP contribution < -0.4 is 4.74 Å². The third-order valence-electron chi connectivity index (χ3n) is 6.93. The zero-order valence-corrected chi connectivity index (χ0v) is 19.4. The van der Waals surface area contributed by atoms with Gasteiger partial charge in [0.15, 0.2) is 6.04 Å². The first-order chi connectivity index (χ1) is 15.8. The molecule has 2 aliphatic heterocycles. The zero-order chi connectivity index (χ0) is 23.2. The Morgan fingerprint density at radius 1 is 1.21 bits per heavy atom. The van der Waals surface area contributed by atoms with Crippen molar-refractivity contribution in [2.24, 2.45) is 0 Å². The number of amides is 1. The molecule has 8 nitrogen and oxygen atoms in total. The van der Waals surface area contributed by atoms with Crippen molar-refractivity contribution in [1.82, 2.24) is 20.2 Å². The quantitative estimate of drug-likeness (QED) is 0.541. The number of quaternary nitrogens is 1. The highest BCUT2D eigenvalue weighted by atomic mass is 35.5. The minimum absolute atomic E-state index is 0.120. The van der Waals surface area contributed by atoms with Crippen molar-refractivity contribution in [2.45, 2.75) is 57.3 Å². The number of hydrogen-bond acceptors (Lipinski definition) is 5. The van der Waals surface area contributed by atoms with Crippen LogP contribution >= 0.6 is 11.6 Å². The van der Waals surface area contributed by atoms with Gasteiger partial charge in [0.05, 0.1) is 18.7 Å². The van der Waals surface area contributed by atoms with E-state index in [1.54, 1.807) is 4.68 Å². The number of halogens is 1. The van der Waals surface area contributed by atoms with Gasteiger partial charge in [0.25, 0.3) is 0 Å². The van der Waals surface area contributed by atoms with E-state index in [2.05, 4.69) is 15.5 Å². The van der Waals surface area contributed by atoms with Crippen molar-refractivity contribution >= 4 is 17.7 Å². The highest BCUT2D eigenvalue weighted by Crippen LogP contribution is 2.53. The molecule has 1 N–H and O–H groups in total. The summed E-state index contributed by atoms with van der Waals surface area (Å²) in [6, 6.07) is 14.7. The van der Waals surface area contributed by atoms with Crippen molar-refractivity contribution in [2.75, 3.05) is 6.54 Å². The molecule has 2 aromatic carbocycles. The summed E-state index contributed by atoms with van der Waals surface area (Å²) in [6.07, 6.45) is 1.22. The Hall–Kier alpha value is -2.97. The second-order valence-corrected chi connectivity index (χ2v) is 9.97. The number of ether oxygens (including phenoxy) is 1. The minimum atomic E-state index is -0.851. The lowest BCUT2D eigenvalue weighted by molar-refractivity contribution is -0.908. The number of likely N-dealkylation sites (tertiary alicyclic amines) is 1. The topological polar surface area (TPSA) is 90.1 Å². The molecule has 0 spiro atoms. The lowest BCUT2D eigenvalue weighted by Gasteiger charge is -2.46. The van der Waals surface area contributed by atoms with Crippen molar-refractivity contribution in [3.8, 4) is 5.75 Å². The number of aromatic nitrogens is 4. The largest absolute Gasteiger partial charge is 0.514 e. The van der Waals surface area contributed by atoms with Gasteiger partial charge in [-0.3, -0.25) is 0 Å². The van der Waals surface area contributed by atoms with Crippen molar-refractivity contribution in [3.05, 3.63) is 70.5 Å². The first-order valence-electron chi connectivity index (χ1n) is 11.2. The molecule has 33 heavy (non-hydrogen) atoms. The Morgan fingerprint density at radius 3 is 2.73 bits per heavy atom. The van der Waals surface area contributed by atoms with Crippen LogP contribution in [-0.4, -0.2) is 48.0 Å². The van der Waals surface area contributed by atoms with Gasteiger partial charge in [-0.1, -0.05) is 35.9 Å². The first kappa shape index (κ1) is 21.9. The summed E-state index contributed by atoms with van der Waals surface area (Å²) >= 11 is 6.03. The van der Waals surface area contributed by atoms with E-state index in [9.17, 15) is 9.90 Å². The lowest BCUT2D eigenvalue weighted by Crippen LogP contribution is -2.57. The Kier molecular flexibility index (Phi) is 5.37. The van der Waals surface area contributed by atoms with E-state index in [4.69, 9.17) is 16.3 Å². The van der Waals surface area contributed by atoms with E-state index >= 15 is 0 Å². The average molecular weight is 469 g/mol. The lowest BCUT2D eigenvalue weighted by atomic mass is 9.86. The predicted octanol–water partition coefficient (Wildman–Crippen LogP) is 5.01. The molecule has 1 aromatic heterocycles. The van der Waals surface area contributed by atoms with Crippen LogP contribution in [0.15, 0.2) is 48.5 Å². The molecule has 5 rings (SSSR count). The van der Waals surface area contributed by atoms with E-state index in [-0.39, 0.29) is 16.6 Å². The summed E-state index contributed by atoms with van der Waals surface area (Å²) in [6.45, 7) is 5.00. The van der Waals surface area contributed by atoms with E-state index in [1.165, 1.54) is 0 Å². The standard InChI is InChI=1S/C24H26ClN5O3/c1-24(2)14-20(18-6-3-4-8-21(18)33-24)30(23(31)32)13-5-7-19(30)22-26-27-28-29(22)15-16-9-11-17(25)12-10-16/h3-4,6,8-12,19-20H,5,7,13-15H2,1-2H3/p+1/t19-,20?,30?/m1/s1. The van der Waals surface area contributed by atoms with Crippen LogP contribution in [-0.2, 0) is 6.54 Å². The Morgan fingerprint density at radius 2 is 1.97 bits per heavy atom. The summed E-state index contributed by atoms with van der Waals surface area (Å²) in [5, 5.41) is 23.9. The third-order valence-corrected chi connectivity index (χ3v) is 7.18. The second-order valence-electron chi connectivity index (χ2n) is 9.54. The smallest absolute Gasteiger partial charge is 0.487 e. The predicted molar refractivity (Wildman–Crippen MR) is 122 cm³/mol. The van der Waals surface area contributed by atoms with Crippen molar-refractivity contribution in [3.63, 3.8) is 0 Å². The molecule has 3 aromatic rings. The molecule has 1 fully saturated rings. The molecule has 1 saturated heterocycles. The minimum Gasteiger partial charge on any atom is -0.487 e. The van der Waals surface area contributed by atoms with E-state index in [0.29, 0.717) is 36.8 Å². The summed E-state index contributed by atoms with van der Waals surface area (Å²) in [7, 11) is 0. The fourth-order valence-electron chi connectivity index (χ4n) is 5.50. The van der Waals surface area contributed by atoms with Gasteiger partial charge >= 0.3 is 6.09 Å². The number of para-hydroxylation sites is 1. The summed E-state index contributed by atoms with van der Waals surface area (Å²) in [4.78, 5) is 13.1. The molecule has 3 heterocycles. The molecule has 1 amide bonds. The summed E-state index contributed by atoms with van der Waals surface area (Å²) in [5.41, 5.74) is 1.45. The third kappa shape index (κ3) is 3.77. The van der Waals surface area contributed by atoms with Gasteiger partial charge in [-0.2, -0.15) is 4.79 Å². The van der Waals surface area contributed by atoms with E-state index in [0.717, 1.165) is 23.3 Å². The molecular weight excluding hydrogens is 442 g/mol. The van der Waals surface area contributed by atoms with Gasteiger partial charge < -0.3 is 9.84 Å². The SMILES string of the molecule is CC1(C)CC([N+]2(C(=O)O)CCC[C@@H]2c2nnnn2Cc2ccc(Cl)cc2)c2ccccc2O1. The maximum atomic E-state index is 13.1. The van der Waals surface area contributed by atoms with E-state index in [1.807, 2.05) is 62.4 Å². The maximum Gasteiger partial charge on any atom is 0.514 e. The molecule has 0 saturated carbocycles. The first-order valence-corrected chi connectivity index (χ1v) is 11.6. The second kappa shape index (κ2) is 8.11. The Balaban J connectivity index is 1.58. The molecule has 172 valence electrons. The molecule has 0 bridgehead atoms. The van der Waals surface area contributed by atoms with Crippen LogP contribution in [0, 0.1) is 0 Å². The fraction of sp³-hybridized carbons (Fsp3) is 0.417. The van der Waals surface area contributed by atoms with Gasteiger partial charge in [0.1, 0.15) is 17.4 Å². The molecular formula is C24H27ClN5O3+. The highest BCUT2D eigenvalue weighted by molar-refractivity contribution is 6.30. The van der Waals surface area contributed by atoms with Gasteiger partial charge in [-0.05, 0) is 54.1 Å². The number of carbonyl (C=O) groups is 1. The van der Waals surface area contributed by atoms with Crippen LogP contribution in [0.1, 0.15) is 62.1 Å². The number of benzene rings is 2. The van der Waals surface area contributed by atoms with Gasteiger partial charge in [0, 0.05) is 24.3 Å².